The molecule has 0 aliphatic heterocycles. The lowest BCUT2D eigenvalue weighted by Crippen LogP contribution is -2.06. The maximum Gasteiger partial charge on any atom is 0.247 e. The van der Waals surface area contributed by atoms with Gasteiger partial charge in [-0.05, 0) is 53.5 Å². The van der Waals surface area contributed by atoms with Crippen LogP contribution in [-0.2, 0) is 11.2 Å². The quantitative estimate of drug-likeness (QED) is 0.694. The molecule has 2 aromatic carbocycles. The average molecular weight is 318 g/mol. The molecule has 4 nitrogen and oxygen atoms in total. The fraction of sp³-hybridized carbons (Fsp3) is 0.100. The number of carbonyl (C=O) groups excluding carboxylic acids is 1. The van der Waals surface area contributed by atoms with Crippen LogP contribution in [0, 0.1) is 0 Å². The number of aromatic nitrogens is 1. The van der Waals surface area contributed by atoms with Crippen molar-refractivity contribution in [3.63, 3.8) is 0 Å². The maximum atomic E-state index is 11.4. The van der Waals surface area contributed by atoms with Crippen molar-refractivity contribution in [1.29, 1.82) is 0 Å². The lowest BCUT2D eigenvalue weighted by atomic mass is 9.95. The minimum atomic E-state index is -0.220. The first kappa shape index (κ1) is 15.7. The van der Waals surface area contributed by atoms with Crippen molar-refractivity contribution in [2.75, 3.05) is 5.32 Å². The van der Waals surface area contributed by atoms with E-state index < -0.39 is 0 Å². The van der Waals surface area contributed by atoms with Crippen LogP contribution in [0.25, 0.3) is 22.6 Å². The molecule has 0 aliphatic rings. The third kappa shape index (κ3) is 3.27. The Balaban J connectivity index is 1.96. The van der Waals surface area contributed by atoms with Gasteiger partial charge in [0.1, 0.15) is 6.26 Å². The van der Waals surface area contributed by atoms with Gasteiger partial charge in [-0.25, -0.2) is 4.98 Å². The van der Waals surface area contributed by atoms with Crippen LogP contribution in [0.4, 0.5) is 5.69 Å². The number of hydrogen-bond donors (Lipinski definition) is 1. The van der Waals surface area contributed by atoms with Crippen molar-refractivity contribution in [2.45, 2.75) is 13.3 Å². The summed E-state index contributed by atoms with van der Waals surface area (Å²) in [6.45, 7) is 5.58. The van der Waals surface area contributed by atoms with E-state index in [4.69, 9.17) is 4.42 Å². The van der Waals surface area contributed by atoms with Crippen LogP contribution in [0.2, 0.25) is 0 Å². The number of rotatable bonds is 5. The summed E-state index contributed by atoms with van der Waals surface area (Å²) in [7, 11) is 0. The summed E-state index contributed by atoms with van der Waals surface area (Å²) in [4.78, 5) is 15.6. The summed E-state index contributed by atoms with van der Waals surface area (Å²) < 4.78 is 5.39. The summed E-state index contributed by atoms with van der Waals surface area (Å²) >= 11 is 0. The van der Waals surface area contributed by atoms with E-state index >= 15 is 0 Å². The van der Waals surface area contributed by atoms with Crippen molar-refractivity contribution in [1.82, 2.24) is 4.98 Å². The van der Waals surface area contributed by atoms with Gasteiger partial charge in [-0.3, -0.25) is 4.79 Å². The van der Waals surface area contributed by atoms with Crippen LogP contribution in [0.1, 0.15) is 12.5 Å². The number of benzene rings is 2. The topological polar surface area (TPSA) is 55.1 Å². The molecule has 0 saturated heterocycles. The predicted molar refractivity (Wildman–Crippen MR) is 95.6 cm³/mol. The standard InChI is InChI=1S/C20H18N2O2/c1-3-14-5-6-16(20-21-11-12-24-20)13-18(14)15-7-9-17(10-8-15)22-19(23)4-2/h4-13H,2-3H2,1H3,(H,22,23). The van der Waals surface area contributed by atoms with Gasteiger partial charge in [-0.15, -0.1) is 0 Å². The van der Waals surface area contributed by atoms with Crippen molar-refractivity contribution in [3.8, 4) is 22.6 Å². The molecule has 3 rings (SSSR count). The van der Waals surface area contributed by atoms with Crippen molar-refractivity contribution >= 4 is 11.6 Å². The minimum Gasteiger partial charge on any atom is -0.445 e. The number of oxazole rings is 1. The van der Waals surface area contributed by atoms with Gasteiger partial charge in [0.05, 0.1) is 6.20 Å². The smallest absolute Gasteiger partial charge is 0.247 e. The summed E-state index contributed by atoms with van der Waals surface area (Å²) in [5.41, 5.74) is 5.14. The SMILES string of the molecule is C=CC(=O)Nc1ccc(-c2cc(-c3ncco3)ccc2CC)cc1. The Morgan fingerprint density at radius 1 is 1.21 bits per heavy atom. The summed E-state index contributed by atoms with van der Waals surface area (Å²) in [6.07, 6.45) is 5.39. The largest absolute Gasteiger partial charge is 0.445 e. The zero-order valence-corrected chi connectivity index (χ0v) is 13.5. The molecular formula is C20H18N2O2. The molecule has 0 aliphatic carbocycles. The Bertz CT molecular complexity index is 850. The van der Waals surface area contributed by atoms with E-state index in [9.17, 15) is 4.79 Å². The Labute approximate surface area is 140 Å². The van der Waals surface area contributed by atoms with Crippen LogP contribution in [0.15, 0.2) is 72.0 Å². The van der Waals surface area contributed by atoms with Gasteiger partial charge in [-0.1, -0.05) is 31.7 Å². The maximum absolute atomic E-state index is 11.4. The highest BCUT2D eigenvalue weighted by Gasteiger charge is 2.09. The molecule has 0 unspecified atom stereocenters. The molecule has 24 heavy (non-hydrogen) atoms. The number of anilines is 1. The predicted octanol–water partition coefficient (Wildman–Crippen LogP) is 4.70. The molecule has 0 fully saturated rings. The van der Waals surface area contributed by atoms with E-state index in [1.54, 1.807) is 12.5 Å². The second-order valence-electron chi connectivity index (χ2n) is 5.33. The van der Waals surface area contributed by atoms with E-state index in [2.05, 4.69) is 35.9 Å². The molecular weight excluding hydrogens is 300 g/mol. The van der Waals surface area contributed by atoms with Gasteiger partial charge in [0, 0.05) is 11.3 Å². The molecule has 1 amide bonds. The molecule has 1 heterocycles. The molecule has 0 radical (unpaired) electrons. The minimum absolute atomic E-state index is 0.220. The second-order valence-corrected chi connectivity index (χ2v) is 5.33. The summed E-state index contributed by atoms with van der Waals surface area (Å²) in [6, 6.07) is 14.0. The van der Waals surface area contributed by atoms with E-state index in [1.165, 1.54) is 11.6 Å². The van der Waals surface area contributed by atoms with Gasteiger partial charge < -0.3 is 9.73 Å². The molecule has 0 bridgehead atoms. The first-order chi connectivity index (χ1) is 11.7. The molecule has 1 aromatic heterocycles. The van der Waals surface area contributed by atoms with Crippen LogP contribution in [0.5, 0.6) is 0 Å². The van der Waals surface area contributed by atoms with E-state index in [0.29, 0.717) is 5.89 Å². The van der Waals surface area contributed by atoms with Gasteiger partial charge >= 0.3 is 0 Å². The third-order valence-corrected chi connectivity index (χ3v) is 3.82. The highest BCUT2D eigenvalue weighted by atomic mass is 16.3. The number of nitrogens with one attached hydrogen (secondary N) is 1. The fourth-order valence-corrected chi connectivity index (χ4v) is 2.58. The number of nitrogens with zero attached hydrogens (tertiary/aromatic N) is 1. The molecule has 1 N–H and O–H groups in total. The van der Waals surface area contributed by atoms with Crippen molar-refractivity contribution in [2.24, 2.45) is 0 Å². The van der Waals surface area contributed by atoms with Crippen LogP contribution < -0.4 is 5.32 Å². The fourth-order valence-electron chi connectivity index (χ4n) is 2.58. The zero-order valence-electron chi connectivity index (χ0n) is 13.5. The van der Waals surface area contributed by atoms with E-state index in [0.717, 1.165) is 28.8 Å². The van der Waals surface area contributed by atoms with Crippen LogP contribution >= 0.6 is 0 Å². The zero-order chi connectivity index (χ0) is 16.9. The molecule has 4 heteroatoms. The van der Waals surface area contributed by atoms with E-state index in [-0.39, 0.29) is 5.91 Å². The first-order valence-electron chi connectivity index (χ1n) is 7.78. The summed E-state index contributed by atoms with van der Waals surface area (Å²) in [5.74, 6) is 0.386. The molecule has 0 spiro atoms. The van der Waals surface area contributed by atoms with Gasteiger partial charge in [-0.2, -0.15) is 0 Å². The molecule has 0 atom stereocenters. The number of carbonyl (C=O) groups is 1. The van der Waals surface area contributed by atoms with Crippen molar-refractivity contribution in [3.05, 3.63) is 73.1 Å². The Morgan fingerprint density at radius 3 is 2.58 bits per heavy atom. The number of aryl methyl sites for hydroxylation is 1. The van der Waals surface area contributed by atoms with E-state index in [1.807, 2.05) is 30.3 Å². The lowest BCUT2D eigenvalue weighted by Gasteiger charge is -2.11. The Kier molecular flexibility index (Phi) is 4.57. The monoisotopic (exact) mass is 318 g/mol. The highest BCUT2D eigenvalue weighted by Crippen LogP contribution is 2.30. The Morgan fingerprint density at radius 2 is 1.96 bits per heavy atom. The Hall–Kier alpha value is -3.14. The molecule has 0 saturated carbocycles. The third-order valence-electron chi connectivity index (χ3n) is 3.82. The molecule has 120 valence electrons. The molecule has 3 aromatic rings. The average Bonchev–Trinajstić information content (AvgIpc) is 3.16. The number of amides is 1. The highest BCUT2D eigenvalue weighted by molar-refractivity contribution is 5.99. The van der Waals surface area contributed by atoms with Gasteiger partial charge in [0.2, 0.25) is 11.8 Å². The van der Waals surface area contributed by atoms with Crippen molar-refractivity contribution < 1.29 is 9.21 Å². The van der Waals surface area contributed by atoms with Gasteiger partial charge in [0.15, 0.2) is 0 Å². The summed E-state index contributed by atoms with van der Waals surface area (Å²) in [5, 5.41) is 2.75. The first-order valence-corrected chi connectivity index (χ1v) is 7.78. The van der Waals surface area contributed by atoms with Gasteiger partial charge in [0.25, 0.3) is 0 Å². The van der Waals surface area contributed by atoms with Crippen LogP contribution in [-0.4, -0.2) is 10.9 Å². The lowest BCUT2D eigenvalue weighted by molar-refractivity contribution is -0.111. The number of hydrogen-bond acceptors (Lipinski definition) is 3. The van der Waals surface area contributed by atoms with Crippen LogP contribution in [0.3, 0.4) is 0 Å². The second kappa shape index (κ2) is 6.96. The normalized spacial score (nSPS) is 10.4.